The van der Waals surface area contributed by atoms with Gasteiger partial charge in [0, 0.05) is 0 Å². The van der Waals surface area contributed by atoms with Crippen LogP contribution >= 0.6 is 0 Å². The molecule has 1 aliphatic carbocycles. The van der Waals surface area contributed by atoms with Gasteiger partial charge in [0.15, 0.2) is 0 Å². The molecule has 17 heavy (non-hydrogen) atoms. The quantitative estimate of drug-likeness (QED) is 0.644. The number of carbonyl (C=O) groups excluding carboxylic acids is 1. The first-order chi connectivity index (χ1) is 8.22. The number of ether oxygens (including phenoxy) is 1. The summed E-state index contributed by atoms with van der Waals surface area (Å²) in [4.78, 5) is 11.6. The maximum absolute atomic E-state index is 11.6. The van der Waals surface area contributed by atoms with Crippen LogP contribution in [0.1, 0.15) is 12.8 Å². The molecule has 0 radical (unpaired) electrons. The summed E-state index contributed by atoms with van der Waals surface area (Å²) in [6.45, 7) is 0. The second kappa shape index (κ2) is 5.68. The minimum atomic E-state index is -0.633. The Bertz CT molecular complexity index is 439. The van der Waals surface area contributed by atoms with Crippen molar-refractivity contribution in [3.63, 3.8) is 0 Å². The van der Waals surface area contributed by atoms with E-state index >= 15 is 0 Å². The first kappa shape index (κ1) is 12.6. The first-order valence-electron chi connectivity index (χ1n) is 5.44. The monoisotopic (exact) mass is 348 g/mol. The Hall–Kier alpha value is -0.820. The SMILES string of the molecule is COC(=O)C1=C([Te]c2ccccc2)CCC1O. The van der Waals surface area contributed by atoms with E-state index in [0.29, 0.717) is 12.0 Å². The normalized spacial score (nSPS) is 19.5. The van der Waals surface area contributed by atoms with E-state index in [4.69, 9.17) is 4.74 Å². The molecule has 1 N–H and O–H groups in total. The molecule has 0 aromatic heterocycles. The topological polar surface area (TPSA) is 46.5 Å². The summed E-state index contributed by atoms with van der Waals surface area (Å²) in [6, 6.07) is 10.1. The van der Waals surface area contributed by atoms with Crippen molar-refractivity contribution in [2.75, 3.05) is 7.11 Å². The Balaban J connectivity index is 2.23. The van der Waals surface area contributed by atoms with E-state index in [-0.39, 0.29) is 5.97 Å². The van der Waals surface area contributed by atoms with Crippen LogP contribution in [0.2, 0.25) is 0 Å². The summed E-state index contributed by atoms with van der Waals surface area (Å²) < 4.78 is 7.14. The van der Waals surface area contributed by atoms with Crippen molar-refractivity contribution in [1.29, 1.82) is 0 Å². The van der Waals surface area contributed by atoms with Crippen LogP contribution in [0.4, 0.5) is 0 Å². The van der Waals surface area contributed by atoms with Crippen molar-refractivity contribution in [3.05, 3.63) is 39.5 Å². The van der Waals surface area contributed by atoms with Gasteiger partial charge in [-0.15, -0.1) is 0 Å². The molecular formula is C13H14O3Te. The molecule has 90 valence electrons. The molecule has 0 saturated carbocycles. The van der Waals surface area contributed by atoms with Crippen molar-refractivity contribution >= 4 is 30.5 Å². The molecule has 1 aromatic rings. The van der Waals surface area contributed by atoms with Gasteiger partial charge in [-0.25, -0.2) is 0 Å². The van der Waals surface area contributed by atoms with E-state index in [2.05, 4.69) is 12.1 Å². The van der Waals surface area contributed by atoms with Gasteiger partial charge in [-0.2, -0.15) is 0 Å². The molecule has 0 heterocycles. The number of aliphatic hydroxyl groups is 1. The zero-order valence-corrected chi connectivity index (χ0v) is 11.9. The van der Waals surface area contributed by atoms with Gasteiger partial charge < -0.3 is 0 Å². The van der Waals surface area contributed by atoms with E-state index in [9.17, 15) is 9.90 Å². The van der Waals surface area contributed by atoms with Crippen LogP contribution in [0.5, 0.6) is 0 Å². The summed E-state index contributed by atoms with van der Waals surface area (Å²) in [6.07, 6.45) is 0.839. The third-order valence-corrected chi connectivity index (χ3v) is 6.03. The van der Waals surface area contributed by atoms with Gasteiger partial charge in [-0.05, 0) is 0 Å². The average molecular weight is 346 g/mol. The van der Waals surface area contributed by atoms with Crippen molar-refractivity contribution in [2.45, 2.75) is 18.9 Å². The fourth-order valence-corrected chi connectivity index (χ4v) is 5.05. The van der Waals surface area contributed by atoms with Crippen LogP contribution < -0.4 is 3.61 Å². The van der Waals surface area contributed by atoms with E-state index in [1.54, 1.807) is 0 Å². The zero-order valence-electron chi connectivity index (χ0n) is 9.55. The fraction of sp³-hybridized carbons (Fsp3) is 0.308. The molecule has 4 heteroatoms. The molecular weight excluding hydrogens is 332 g/mol. The summed E-state index contributed by atoms with van der Waals surface area (Å²) in [5, 5.41) is 9.80. The number of hydrogen-bond acceptors (Lipinski definition) is 3. The predicted octanol–water partition coefficient (Wildman–Crippen LogP) is 0.598. The number of rotatable bonds is 3. The van der Waals surface area contributed by atoms with E-state index in [1.807, 2.05) is 18.2 Å². The number of methoxy groups -OCH3 is 1. The Morgan fingerprint density at radius 3 is 2.76 bits per heavy atom. The molecule has 1 aromatic carbocycles. The van der Waals surface area contributed by atoms with Crippen molar-refractivity contribution in [1.82, 2.24) is 0 Å². The molecule has 1 atom stereocenters. The molecule has 0 bridgehead atoms. The van der Waals surface area contributed by atoms with Crippen molar-refractivity contribution < 1.29 is 14.6 Å². The third-order valence-electron chi connectivity index (χ3n) is 2.67. The molecule has 0 aliphatic heterocycles. The summed E-state index contributed by atoms with van der Waals surface area (Å²) in [5.41, 5.74) is 0.513. The number of aliphatic hydroxyl groups excluding tert-OH is 1. The number of esters is 1. The van der Waals surface area contributed by atoms with Gasteiger partial charge in [0.05, 0.1) is 0 Å². The van der Waals surface area contributed by atoms with Gasteiger partial charge in [-0.3, -0.25) is 0 Å². The first-order valence-corrected chi connectivity index (χ1v) is 7.77. The number of carbonyl (C=O) groups is 1. The molecule has 1 aliphatic rings. The van der Waals surface area contributed by atoms with Gasteiger partial charge in [-0.1, -0.05) is 0 Å². The average Bonchev–Trinajstić information content (AvgIpc) is 2.71. The number of hydrogen-bond donors (Lipinski definition) is 1. The molecule has 3 nitrogen and oxygen atoms in total. The summed E-state index contributed by atoms with van der Waals surface area (Å²) >= 11 is -0.561. The fourth-order valence-electron chi connectivity index (χ4n) is 1.83. The minimum absolute atomic E-state index is 0.369. The van der Waals surface area contributed by atoms with Gasteiger partial charge in [0.2, 0.25) is 0 Å². The van der Waals surface area contributed by atoms with E-state index < -0.39 is 27.0 Å². The maximum atomic E-state index is 11.6. The second-order valence-electron chi connectivity index (χ2n) is 3.80. The summed E-state index contributed by atoms with van der Waals surface area (Å²) in [5.74, 6) is -0.369. The number of allylic oxidation sites excluding steroid dienone is 1. The molecule has 2 rings (SSSR count). The Kier molecular flexibility index (Phi) is 4.22. The van der Waals surface area contributed by atoms with Crippen molar-refractivity contribution in [3.8, 4) is 0 Å². The van der Waals surface area contributed by atoms with E-state index in [1.165, 1.54) is 10.7 Å². The molecule has 1 unspecified atom stereocenters. The van der Waals surface area contributed by atoms with Crippen LogP contribution in [0, 0.1) is 0 Å². The second-order valence-corrected chi connectivity index (χ2v) is 7.13. The van der Waals surface area contributed by atoms with Crippen LogP contribution in [0.3, 0.4) is 0 Å². The molecule has 0 spiro atoms. The predicted molar refractivity (Wildman–Crippen MR) is 66.1 cm³/mol. The Labute approximate surface area is 111 Å². The van der Waals surface area contributed by atoms with Gasteiger partial charge in [0.1, 0.15) is 0 Å². The van der Waals surface area contributed by atoms with Gasteiger partial charge >= 0.3 is 111 Å². The van der Waals surface area contributed by atoms with Crippen LogP contribution in [-0.4, -0.2) is 45.2 Å². The van der Waals surface area contributed by atoms with Crippen molar-refractivity contribution in [2.24, 2.45) is 0 Å². The van der Waals surface area contributed by atoms with Crippen LogP contribution in [-0.2, 0) is 9.53 Å². The van der Waals surface area contributed by atoms with Crippen LogP contribution in [0.15, 0.2) is 39.5 Å². The number of benzene rings is 1. The molecule has 0 saturated heterocycles. The molecule has 0 fully saturated rings. The van der Waals surface area contributed by atoms with E-state index in [0.717, 1.165) is 10.0 Å². The standard InChI is InChI=1S/C13H14O3Te/c1-16-13(15)12-10(14)7-8-11(12)17-9-5-3-2-4-6-9/h2-6,10,14H,7-8H2,1H3. The van der Waals surface area contributed by atoms with Crippen LogP contribution in [0.25, 0.3) is 0 Å². The summed E-state index contributed by atoms with van der Waals surface area (Å²) in [7, 11) is 1.36. The van der Waals surface area contributed by atoms with Gasteiger partial charge in [0.25, 0.3) is 0 Å². The Morgan fingerprint density at radius 1 is 1.41 bits per heavy atom. The zero-order chi connectivity index (χ0) is 12.3. The Morgan fingerprint density at radius 2 is 2.12 bits per heavy atom. The molecule has 0 amide bonds. The third kappa shape index (κ3) is 2.89.